The van der Waals surface area contributed by atoms with Gasteiger partial charge in [-0.3, -0.25) is 4.79 Å². The Kier molecular flexibility index (Phi) is 6.69. The third-order valence-corrected chi connectivity index (χ3v) is 4.02. The monoisotopic (exact) mass is 326 g/mol. The molecule has 22 heavy (non-hydrogen) atoms. The summed E-state index contributed by atoms with van der Waals surface area (Å²) in [7, 11) is 1.86. The fourth-order valence-electron chi connectivity index (χ4n) is 2.63. The van der Waals surface area contributed by atoms with Crippen molar-refractivity contribution in [3.63, 3.8) is 0 Å². The van der Waals surface area contributed by atoms with Crippen molar-refractivity contribution in [3.8, 4) is 5.75 Å². The van der Waals surface area contributed by atoms with Gasteiger partial charge in [-0.1, -0.05) is 39.0 Å². The highest BCUT2D eigenvalue weighted by molar-refractivity contribution is 5.85. The Hall–Kier alpha value is -1.26. The van der Waals surface area contributed by atoms with Gasteiger partial charge in [0, 0.05) is 19.6 Å². The molecule has 1 aliphatic rings. The highest BCUT2D eigenvalue weighted by Crippen LogP contribution is 2.30. The molecule has 1 atom stereocenters. The molecule has 1 heterocycles. The molecule has 0 aliphatic carbocycles. The van der Waals surface area contributed by atoms with E-state index in [1.54, 1.807) is 4.90 Å². The number of amides is 1. The molecule has 1 fully saturated rings. The van der Waals surface area contributed by atoms with Gasteiger partial charge in [-0.05, 0) is 30.0 Å². The number of nitrogens with zero attached hydrogens (tertiary/aromatic N) is 1. The van der Waals surface area contributed by atoms with E-state index in [2.05, 4.69) is 32.2 Å². The maximum absolute atomic E-state index is 12.2. The van der Waals surface area contributed by atoms with Crippen LogP contribution in [0.25, 0.3) is 0 Å². The standard InChI is InChI=1S/C17H26N2O2.ClH/c1-17(2,3)14-7-5-6-8-15(14)21-12-16(20)19(4)13-9-10-18-11-13;/h5-8,13,18H,9-12H2,1-4H3;1H. The fraction of sp³-hybridized carbons (Fsp3) is 0.588. The van der Waals surface area contributed by atoms with Gasteiger partial charge in [0.05, 0.1) is 0 Å². The van der Waals surface area contributed by atoms with Gasteiger partial charge in [-0.2, -0.15) is 0 Å². The van der Waals surface area contributed by atoms with Crippen LogP contribution in [-0.2, 0) is 10.2 Å². The largest absolute Gasteiger partial charge is 0.483 e. The quantitative estimate of drug-likeness (QED) is 0.924. The summed E-state index contributed by atoms with van der Waals surface area (Å²) < 4.78 is 5.79. The van der Waals surface area contributed by atoms with Crippen LogP contribution in [0.5, 0.6) is 5.75 Å². The van der Waals surface area contributed by atoms with E-state index in [0.717, 1.165) is 30.8 Å². The number of carbonyl (C=O) groups is 1. The van der Waals surface area contributed by atoms with Gasteiger partial charge in [-0.25, -0.2) is 0 Å². The van der Waals surface area contributed by atoms with Crippen LogP contribution >= 0.6 is 12.4 Å². The van der Waals surface area contributed by atoms with Crippen molar-refractivity contribution >= 4 is 18.3 Å². The van der Waals surface area contributed by atoms with Gasteiger partial charge in [0.15, 0.2) is 6.61 Å². The highest BCUT2D eigenvalue weighted by Gasteiger charge is 2.24. The lowest BCUT2D eigenvalue weighted by atomic mass is 9.86. The van der Waals surface area contributed by atoms with Crippen LogP contribution in [0.15, 0.2) is 24.3 Å². The summed E-state index contributed by atoms with van der Waals surface area (Å²) in [6, 6.07) is 8.24. The smallest absolute Gasteiger partial charge is 0.260 e. The molecule has 1 aromatic rings. The first-order valence-electron chi connectivity index (χ1n) is 7.58. The number of rotatable bonds is 4. The minimum absolute atomic E-state index is 0. The van der Waals surface area contributed by atoms with E-state index in [0.29, 0.717) is 6.04 Å². The summed E-state index contributed by atoms with van der Waals surface area (Å²) in [5.74, 6) is 0.837. The topological polar surface area (TPSA) is 41.6 Å². The van der Waals surface area contributed by atoms with Crippen molar-refractivity contribution in [1.29, 1.82) is 0 Å². The van der Waals surface area contributed by atoms with Gasteiger partial charge in [-0.15, -0.1) is 12.4 Å². The number of ether oxygens (including phenoxy) is 1. The maximum Gasteiger partial charge on any atom is 0.260 e. The van der Waals surface area contributed by atoms with E-state index in [9.17, 15) is 4.79 Å². The summed E-state index contributed by atoms with van der Waals surface area (Å²) >= 11 is 0. The van der Waals surface area contributed by atoms with Gasteiger partial charge >= 0.3 is 0 Å². The molecule has 0 radical (unpaired) electrons. The van der Waals surface area contributed by atoms with Crippen molar-refractivity contribution in [2.45, 2.75) is 38.6 Å². The van der Waals surface area contributed by atoms with Crippen LogP contribution in [0.1, 0.15) is 32.8 Å². The zero-order valence-electron chi connectivity index (χ0n) is 13.9. The Bertz CT molecular complexity index is 494. The van der Waals surface area contributed by atoms with Crippen molar-refractivity contribution < 1.29 is 9.53 Å². The molecule has 124 valence electrons. The molecule has 1 aromatic carbocycles. The molecule has 0 spiro atoms. The lowest BCUT2D eigenvalue weighted by Crippen LogP contribution is -2.41. The first-order chi connectivity index (χ1) is 9.89. The zero-order chi connectivity index (χ0) is 15.5. The summed E-state index contributed by atoms with van der Waals surface area (Å²) in [5, 5.41) is 3.28. The second-order valence-electron chi connectivity index (χ2n) is 6.69. The normalized spacial score (nSPS) is 17.7. The molecule has 1 amide bonds. The summed E-state index contributed by atoms with van der Waals surface area (Å²) in [5.41, 5.74) is 1.13. The molecule has 1 aliphatic heterocycles. The van der Waals surface area contributed by atoms with Crippen LogP contribution in [0.3, 0.4) is 0 Å². The van der Waals surface area contributed by atoms with Crippen molar-refractivity contribution in [2.24, 2.45) is 0 Å². The molecule has 2 rings (SSSR count). The SMILES string of the molecule is CN(C(=O)COc1ccccc1C(C)(C)C)C1CCNC1.Cl. The third kappa shape index (κ3) is 4.62. The molecular weight excluding hydrogens is 300 g/mol. The summed E-state index contributed by atoms with van der Waals surface area (Å²) in [6.07, 6.45) is 1.01. The van der Waals surface area contributed by atoms with Crippen molar-refractivity contribution in [1.82, 2.24) is 10.2 Å². The minimum Gasteiger partial charge on any atom is -0.483 e. The Morgan fingerprint density at radius 3 is 2.64 bits per heavy atom. The Balaban J connectivity index is 0.00000242. The Morgan fingerprint density at radius 1 is 1.36 bits per heavy atom. The molecular formula is C17H27ClN2O2. The van der Waals surface area contributed by atoms with Gasteiger partial charge in [0.25, 0.3) is 5.91 Å². The predicted molar refractivity (Wildman–Crippen MR) is 91.9 cm³/mol. The Morgan fingerprint density at radius 2 is 2.05 bits per heavy atom. The molecule has 0 aromatic heterocycles. The number of benzene rings is 1. The number of para-hydroxylation sites is 1. The van der Waals surface area contributed by atoms with E-state index in [1.807, 2.05) is 25.2 Å². The summed E-state index contributed by atoms with van der Waals surface area (Å²) in [6.45, 7) is 8.39. The van der Waals surface area contributed by atoms with E-state index in [-0.39, 0.29) is 30.3 Å². The average Bonchev–Trinajstić information content (AvgIpc) is 2.97. The molecule has 0 bridgehead atoms. The number of hydrogen-bond donors (Lipinski definition) is 1. The third-order valence-electron chi connectivity index (χ3n) is 4.02. The predicted octanol–water partition coefficient (Wildman–Crippen LogP) is 2.61. The summed E-state index contributed by atoms with van der Waals surface area (Å²) in [4.78, 5) is 14.0. The first kappa shape index (κ1) is 18.8. The zero-order valence-corrected chi connectivity index (χ0v) is 14.7. The van der Waals surface area contributed by atoms with E-state index < -0.39 is 0 Å². The number of carbonyl (C=O) groups excluding carboxylic acids is 1. The van der Waals surface area contributed by atoms with Crippen LogP contribution < -0.4 is 10.1 Å². The van der Waals surface area contributed by atoms with E-state index >= 15 is 0 Å². The van der Waals surface area contributed by atoms with E-state index in [4.69, 9.17) is 4.74 Å². The number of hydrogen-bond acceptors (Lipinski definition) is 3. The Labute approximate surface area is 139 Å². The van der Waals surface area contributed by atoms with E-state index in [1.165, 1.54) is 0 Å². The molecule has 5 heteroatoms. The second kappa shape index (κ2) is 7.84. The average molecular weight is 327 g/mol. The number of likely N-dealkylation sites (N-methyl/N-ethyl adjacent to an activating group) is 1. The van der Waals surface area contributed by atoms with Gasteiger partial charge in [0.2, 0.25) is 0 Å². The fourth-order valence-corrected chi connectivity index (χ4v) is 2.63. The van der Waals surface area contributed by atoms with Gasteiger partial charge in [0.1, 0.15) is 5.75 Å². The molecule has 1 unspecified atom stereocenters. The highest BCUT2D eigenvalue weighted by atomic mass is 35.5. The van der Waals surface area contributed by atoms with Crippen LogP contribution in [-0.4, -0.2) is 43.6 Å². The molecule has 4 nitrogen and oxygen atoms in total. The van der Waals surface area contributed by atoms with Crippen molar-refractivity contribution in [2.75, 3.05) is 26.7 Å². The van der Waals surface area contributed by atoms with Crippen LogP contribution in [0, 0.1) is 0 Å². The number of halogens is 1. The second-order valence-corrected chi connectivity index (χ2v) is 6.69. The van der Waals surface area contributed by atoms with Gasteiger partial charge < -0.3 is 15.0 Å². The number of nitrogens with one attached hydrogen (secondary N) is 1. The van der Waals surface area contributed by atoms with Crippen LogP contribution in [0.2, 0.25) is 0 Å². The lowest BCUT2D eigenvalue weighted by molar-refractivity contribution is -0.133. The molecule has 1 saturated heterocycles. The molecule has 0 saturated carbocycles. The minimum atomic E-state index is 0. The van der Waals surface area contributed by atoms with Crippen LogP contribution in [0.4, 0.5) is 0 Å². The van der Waals surface area contributed by atoms with Crippen molar-refractivity contribution in [3.05, 3.63) is 29.8 Å². The first-order valence-corrected chi connectivity index (χ1v) is 7.58. The maximum atomic E-state index is 12.2. The lowest BCUT2D eigenvalue weighted by Gasteiger charge is -2.25. The molecule has 1 N–H and O–H groups in total.